The molecule has 4 nitrogen and oxygen atoms in total. The smallest absolute Gasteiger partial charge is 0.143 e. The summed E-state index contributed by atoms with van der Waals surface area (Å²) >= 11 is 0. The molecule has 0 aliphatic rings. The minimum absolute atomic E-state index is 0.493. The summed E-state index contributed by atoms with van der Waals surface area (Å²) in [6, 6.07) is 18.1. The maximum Gasteiger partial charge on any atom is 0.143 e. The summed E-state index contributed by atoms with van der Waals surface area (Å²) in [4.78, 5) is 14.9. The lowest BCUT2D eigenvalue weighted by Gasteiger charge is -1.98. The number of nitrogens with zero attached hydrogens (tertiary/aromatic N) is 2. The normalized spacial score (nSPS) is 11.8. The molecule has 0 saturated heterocycles. The van der Waals surface area contributed by atoms with E-state index < -0.39 is 0 Å². The van der Waals surface area contributed by atoms with E-state index in [2.05, 4.69) is 22.3 Å². The van der Waals surface area contributed by atoms with Gasteiger partial charge in [-0.2, -0.15) is 0 Å². The molecule has 4 heteroatoms. The summed E-state index contributed by atoms with van der Waals surface area (Å²) in [5, 5.41) is 6.46. The zero-order valence-electron chi connectivity index (χ0n) is 11.6. The number of para-hydroxylation sites is 2. The molecule has 5 aromatic rings. The molecule has 0 bridgehead atoms. The first-order valence-corrected chi connectivity index (χ1v) is 7.14. The molecule has 0 radical (unpaired) electrons. The highest BCUT2D eigenvalue weighted by Gasteiger charge is 2.16. The van der Waals surface area contributed by atoms with Crippen molar-refractivity contribution in [1.29, 1.82) is 0 Å². The van der Waals surface area contributed by atoms with Crippen LogP contribution in [0, 0.1) is 4.91 Å². The van der Waals surface area contributed by atoms with E-state index in [4.69, 9.17) is 0 Å². The number of pyridine rings is 1. The van der Waals surface area contributed by atoms with Crippen LogP contribution < -0.4 is 0 Å². The lowest BCUT2D eigenvalue weighted by Crippen LogP contribution is -1.83. The van der Waals surface area contributed by atoms with Crippen molar-refractivity contribution in [3.63, 3.8) is 0 Å². The maximum absolute atomic E-state index is 11.5. The van der Waals surface area contributed by atoms with Crippen LogP contribution in [0.2, 0.25) is 0 Å². The first kappa shape index (κ1) is 11.5. The second kappa shape index (κ2) is 3.95. The van der Waals surface area contributed by atoms with Crippen LogP contribution in [-0.2, 0) is 0 Å². The van der Waals surface area contributed by atoms with Crippen LogP contribution in [0.3, 0.4) is 0 Å². The zero-order valence-corrected chi connectivity index (χ0v) is 11.6. The van der Waals surface area contributed by atoms with Crippen LogP contribution in [0.5, 0.6) is 0 Å². The number of nitrogens with one attached hydrogen (secondary N) is 1. The fraction of sp³-hybridized carbons (Fsp3) is 0. The number of nitroso groups, excluding NO2 is 1. The largest absolute Gasteiger partial charge is 0.353 e. The fourth-order valence-electron chi connectivity index (χ4n) is 3.40. The number of rotatable bonds is 1. The first-order chi connectivity index (χ1) is 10.9. The summed E-state index contributed by atoms with van der Waals surface area (Å²) in [5.74, 6) is 0. The Labute approximate surface area is 124 Å². The van der Waals surface area contributed by atoms with Crippen LogP contribution in [0.25, 0.3) is 38.2 Å². The molecule has 0 atom stereocenters. The molecule has 3 heterocycles. The van der Waals surface area contributed by atoms with Crippen LogP contribution in [-0.4, -0.2) is 9.38 Å². The quantitative estimate of drug-likeness (QED) is 0.427. The third-order valence-electron chi connectivity index (χ3n) is 4.35. The number of fused-ring (bicyclic) bond motifs is 7. The first-order valence-electron chi connectivity index (χ1n) is 7.14. The summed E-state index contributed by atoms with van der Waals surface area (Å²) in [6.07, 6.45) is 2.01. The van der Waals surface area contributed by atoms with Crippen LogP contribution in [0.1, 0.15) is 0 Å². The van der Waals surface area contributed by atoms with Gasteiger partial charge in [0.15, 0.2) is 0 Å². The Morgan fingerprint density at radius 1 is 0.864 bits per heavy atom. The molecule has 5 rings (SSSR count). The Kier molecular flexibility index (Phi) is 2.07. The van der Waals surface area contributed by atoms with E-state index in [1.165, 1.54) is 0 Å². The van der Waals surface area contributed by atoms with Crippen molar-refractivity contribution in [1.82, 2.24) is 9.38 Å². The summed E-state index contributed by atoms with van der Waals surface area (Å²) in [7, 11) is 0. The van der Waals surface area contributed by atoms with Gasteiger partial charge in [-0.3, -0.25) is 0 Å². The van der Waals surface area contributed by atoms with E-state index in [1.54, 1.807) is 0 Å². The number of hydrogen-bond acceptors (Lipinski definition) is 2. The second-order valence-corrected chi connectivity index (χ2v) is 5.45. The van der Waals surface area contributed by atoms with Crippen molar-refractivity contribution in [2.24, 2.45) is 5.18 Å². The monoisotopic (exact) mass is 285 g/mol. The lowest BCUT2D eigenvalue weighted by molar-refractivity contribution is 1.26. The average Bonchev–Trinajstić information content (AvgIpc) is 3.10. The standard InChI is InChI=1S/C18H11N3O/c22-20-17-13-6-2-4-8-15(13)21-10-9-12-11-5-1-3-7-14(11)19-16(12)18(17)21/h1-10,19H. The number of benzene rings is 2. The highest BCUT2D eigenvalue weighted by molar-refractivity contribution is 6.17. The molecule has 1 N–H and O–H groups in total. The van der Waals surface area contributed by atoms with Crippen LogP contribution in [0.15, 0.2) is 66.0 Å². The molecule has 2 aromatic carbocycles. The van der Waals surface area contributed by atoms with Crippen LogP contribution in [0.4, 0.5) is 5.69 Å². The average molecular weight is 285 g/mol. The maximum atomic E-state index is 11.5. The van der Waals surface area contributed by atoms with Gasteiger partial charge in [0.25, 0.3) is 0 Å². The highest BCUT2D eigenvalue weighted by atomic mass is 16.3. The van der Waals surface area contributed by atoms with Crippen molar-refractivity contribution >= 4 is 43.9 Å². The third kappa shape index (κ3) is 1.27. The molecule has 104 valence electrons. The molecular weight excluding hydrogens is 274 g/mol. The summed E-state index contributed by atoms with van der Waals surface area (Å²) in [6.45, 7) is 0. The van der Waals surface area contributed by atoms with Crippen molar-refractivity contribution in [2.75, 3.05) is 0 Å². The molecule has 0 aliphatic carbocycles. The second-order valence-electron chi connectivity index (χ2n) is 5.45. The van der Waals surface area contributed by atoms with E-state index >= 15 is 0 Å². The predicted octanol–water partition coefficient (Wildman–Crippen LogP) is 5.12. The van der Waals surface area contributed by atoms with Gasteiger partial charge in [-0.25, -0.2) is 0 Å². The van der Waals surface area contributed by atoms with Crippen molar-refractivity contribution in [2.45, 2.75) is 0 Å². The Morgan fingerprint density at radius 3 is 2.50 bits per heavy atom. The molecule has 0 fully saturated rings. The number of aromatic nitrogens is 2. The van der Waals surface area contributed by atoms with Gasteiger partial charge in [0.1, 0.15) is 11.2 Å². The Hall–Kier alpha value is -3.14. The van der Waals surface area contributed by atoms with Gasteiger partial charge in [0, 0.05) is 27.9 Å². The van der Waals surface area contributed by atoms with Gasteiger partial charge >= 0.3 is 0 Å². The molecule has 0 spiro atoms. The SMILES string of the molecule is O=Nc1c2ccccc2n2ccc3c4ccccc4[nH]c3c12. The topological polar surface area (TPSA) is 49.6 Å². The lowest BCUT2D eigenvalue weighted by atomic mass is 10.1. The van der Waals surface area contributed by atoms with Gasteiger partial charge in [-0.15, -0.1) is 4.91 Å². The Morgan fingerprint density at radius 2 is 1.64 bits per heavy atom. The molecule has 3 aromatic heterocycles. The molecule has 0 amide bonds. The minimum atomic E-state index is 0.493. The van der Waals surface area contributed by atoms with Crippen molar-refractivity contribution < 1.29 is 0 Å². The number of aromatic amines is 1. The minimum Gasteiger partial charge on any atom is -0.353 e. The Balaban J connectivity index is 2.15. The number of hydrogen-bond donors (Lipinski definition) is 1. The van der Waals surface area contributed by atoms with E-state index in [0.29, 0.717) is 5.69 Å². The molecule has 22 heavy (non-hydrogen) atoms. The molecule has 0 aliphatic heterocycles. The third-order valence-corrected chi connectivity index (χ3v) is 4.35. The molecule has 0 saturated carbocycles. The highest BCUT2D eigenvalue weighted by Crippen LogP contribution is 2.39. The fourth-order valence-corrected chi connectivity index (χ4v) is 3.40. The molecule has 0 unspecified atom stereocenters. The predicted molar refractivity (Wildman–Crippen MR) is 89.7 cm³/mol. The van der Waals surface area contributed by atoms with Crippen molar-refractivity contribution in [3.8, 4) is 0 Å². The van der Waals surface area contributed by atoms with Crippen molar-refractivity contribution in [3.05, 3.63) is 65.7 Å². The van der Waals surface area contributed by atoms with E-state index in [9.17, 15) is 4.91 Å². The van der Waals surface area contributed by atoms with E-state index in [1.807, 2.05) is 53.1 Å². The van der Waals surface area contributed by atoms with Gasteiger partial charge < -0.3 is 9.38 Å². The molecular formula is C18H11N3O. The zero-order chi connectivity index (χ0) is 14.7. The number of H-pyrrole nitrogens is 1. The van der Waals surface area contributed by atoms with Gasteiger partial charge in [0.05, 0.1) is 11.0 Å². The van der Waals surface area contributed by atoms with E-state index in [0.717, 1.165) is 38.2 Å². The van der Waals surface area contributed by atoms with Crippen LogP contribution >= 0.6 is 0 Å². The van der Waals surface area contributed by atoms with E-state index in [-0.39, 0.29) is 0 Å². The van der Waals surface area contributed by atoms with Gasteiger partial charge in [-0.1, -0.05) is 36.4 Å². The van der Waals surface area contributed by atoms with Gasteiger partial charge in [-0.05, 0) is 23.4 Å². The van der Waals surface area contributed by atoms with Gasteiger partial charge in [0.2, 0.25) is 0 Å². The summed E-state index contributed by atoms with van der Waals surface area (Å²) in [5.41, 5.74) is 4.34. The Bertz CT molecular complexity index is 1200. The summed E-state index contributed by atoms with van der Waals surface area (Å²) < 4.78 is 2.03.